The highest BCUT2D eigenvalue weighted by molar-refractivity contribution is 7.11. The number of benzene rings is 1. The van der Waals surface area contributed by atoms with E-state index in [2.05, 4.69) is 20.6 Å². The molecule has 5 nitrogen and oxygen atoms in total. The lowest BCUT2D eigenvalue weighted by molar-refractivity contribution is -0.138. The molecular formula is C18H23F3N4OS. The maximum Gasteiger partial charge on any atom is 0.419 e. The Hall–Kier alpha value is -2.29. The molecule has 148 valence electrons. The molecule has 27 heavy (non-hydrogen) atoms. The van der Waals surface area contributed by atoms with Crippen LogP contribution in [0.4, 0.5) is 13.2 Å². The van der Waals surface area contributed by atoms with Gasteiger partial charge in [0, 0.05) is 24.9 Å². The van der Waals surface area contributed by atoms with E-state index < -0.39 is 11.7 Å². The van der Waals surface area contributed by atoms with Crippen molar-refractivity contribution in [1.29, 1.82) is 0 Å². The van der Waals surface area contributed by atoms with E-state index >= 15 is 0 Å². The van der Waals surface area contributed by atoms with Gasteiger partial charge in [-0.3, -0.25) is 4.99 Å². The summed E-state index contributed by atoms with van der Waals surface area (Å²) in [6.07, 6.45) is -3.66. The first-order chi connectivity index (χ1) is 12.8. The van der Waals surface area contributed by atoms with Gasteiger partial charge in [-0.1, -0.05) is 12.1 Å². The first-order valence-corrected chi connectivity index (χ1v) is 9.29. The summed E-state index contributed by atoms with van der Waals surface area (Å²) in [6, 6.07) is 5.17. The van der Waals surface area contributed by atoms with E-state index in [1.54, 1.807) is 18.4 Å². The van der Waals surface area contributed by atoms with E-state index in [0.29, 0.717) is 19.0 Å². The fraction of sp³-hybridized carbons (Fsp3) is 0.444. The molecule has 2 rings (SSSR count). The van der Waals surface area contributed by atoms with Gasteiger partial charge in [-0.25, -0.2) is 4.98 Å². The number of para-hydroxylation sites is 1. The van der Waals surface area contributed by atoms with Crippen LogP contribution in [0.5, 0.6) is 5.75 Å². The van der Waals surface area contributed by atoms with Crippen LogP contribution in [-0.2, 0) is 12.6 Å². The third-order valence-electron chi connectivity index (χ3n) is 3.77. The van der Waals surface area contributed by atoms with Gasteiger partial charge in [0.25, 0.3) is 0 Å². The van der Waals surface area contributed by atoms with Crippen molar-refractivity contribution in [3.8, 4) is 5.75 Å². The molecule has 1 aromatic carbocycles. The Morgan fingerprint density at radius 2 is 1.89 bits per heavy atom. The summed E-state index contributed by atoms with van der Waals surface area (Å²) < 4.78 is 44.0. The second kappa shape index (κ2) is 9.59. The number of guanidine groups is 1. The lowest BCUT2D eigenvalue weighted by atomic mass is 10.2. The van der Waals surface area contributed by atoms with Crippen LogP contribution in [0.15, 0.2) is 29.3 Å². The largest absolute Gasteiger partial charge is 0.491 e. The number of aromatic nitrogens is 1. The van der Waals surface area contributed by atoms with Crippen molar-refractivity contribution in [3.05, 3.63) is 45.4 Å². The molecule has 1 heterocycles. The highest BCUT2D eigenvalue weighted by Crippen LogP contribution is 2.35. The summed E-state index contributed by atoms with van der Waals surface area (Å²) in [5.74, 6) is 0.386. The van der Waals surface area contributed by atoms with Gasteiger partial charge in [-0.2, -0.15) is 13.2 Å². The molecule has 0 aliphatic heterocycles. The Kier molecular flexibility index (Phi) is 7.46. The van der Waals surface area contributed by atoms with Crippen molar-refractivity contribution < 1.29 is 17.9 Å². The van der Waals surface area contributed by atoms with Crippen molar-refractivity contribution in [2.45, 2.75) is 26.4 Å². The van der Waals surface area contributed by atoms with Crippen molar-refractivity contribution in [2.75, 3.05) is 26.7 Å². The number of aliphatic imine (C=N–C) groups is 1. The van der Waals surface area contributed by atoms with E-state index in [-0.39, 0.29) is 12.4 Å². The lowest BCUT2D eigenvalue weighted by Crippen LogP contribution is -2.40. The number of thiazole rings is 1. The number of hydrogen-bond acceptors (Lipinski definition) is 4. The maximum atomic E-state index is 12.9. The third-order valence-corrected chi connectivity index (χ3v) is 4.90. The minimum atomic E-state index is -4.44. The highest BCUT2D eigenvalue weighted by Gasteiger charge is 2.33. The van der Waals surface area contributed by atoms with Crippen LogP contribution in [0.25, 0.3) is 0 Å². The van der Waals surface area contributed by atoms with E-state index in [1.165, 1.54) is 23.1 Å². The Morgan fingerprint density at radius 3 is 2.52 bits per heavy atom. The van der Waals surface area contributed by atoms with Gasteiger partial charge in [-0.15, -0.1) is 11.3 Å². The van der Waals surface area contributed by atoms with Crippen LogP contribution in [0.3, 0.4) is 0 Å². The van der Waals surface area contributed by atoms with Crippen LogP contribution in [0.2, 0.25) is 0 Å². The molecule has 2 aromatic rings. The van der Waals surface area contributed by atoms with Gasteiger partial charge in [0.15, 0.2) is 5.96 Å². The summed E-state index contributed by atoms with van der Waals surface area (Å²) in [7, 11) is 1.63. The zero-order valence-corrected chi connectivity index (χ0v) is 16.3. The normalized spacial score (nSPS) is 12.1. The van der Waals surface area contributed by atoms with Gasteiger partial charge in [0.05, 0.1) is 22.8 Å². The summed E-state index contributed by atoms with van der Waals surface area (Å²) in [4.78, 5) is 9.77. The molecule has 0 atom stereocenters. The van der Waals surface area contributed by atoms with Gasteiger partial charge in [-0.05, 0) is 26.0 Å². The molecule has 0 spiro atoms. The molecule has 9 heteroatoms. The van der Waals surface area contributed by atoms with Crippen LogP contribution < -0.4 is 15.4 Å². The highest BCUT2D eigenvalue weighted by atomic mass is 32.1. The molecule has 0 amide bonds. The van der Waals surface area contributed by atoms with Gasteiger partial charge < -0.3 is 15.4 Å². The Labute approximate surface area is 160 Å². The summed E-state index contributed by atoms with van der Waals surface area (Å²) in [5, 5.41) is 7.22. The predicted molar refractivity (Wildman–Crippen MR) is 102 cm³/mol. The number of hydrogen-bond donors (Lipinski definition) is 2. The zero-order valence-electron chi connectivity index (χ0n) is 15.5. The van der Waals surface area contributed by atoms with E-state index in [4.69, 9.17) is 4.74 Å². The molecule has 0 saturated carbocycles. The van der Waals surface area contributed by atoms with E-state index in [9.17, 15) is 13.2 Å². The smallest absolute Gasteiger partial charge is 0.419 e. The van der Waals surface area contributed by atoms with E-state index in [1.807, 2.05) is 13.8 Å². The standard InChI is InChI=1S/C18H23F3N4OS/c1-12-13(2)27-16(25-12)8-9-23-17(22-3)24-10-11-26-15-7-5-4-6-14(15)18(19,20)21/h4-7H,8-11H2,1-3H3,(H2,22,23,24). The Morgan fingerprint density at radius 1 is 1.19 bits per heavy atom. The average molecular weight is 400 g/mol. The van der Waals surface area contributed by atoms with Crippen LogP contribution in [0.1, 0.15) is 21.1 Å². The second-order valence-electron chi connectivity index (χ2n) is 5.77. The number of alkyl halides is 3. The number of aryl methyl sites for hydroxylation is 2. The monoisotopic (exact) mass is 400 g/mol. The quantitative estimate of drug-likeness (QED) is 0.424. The molecule has 0 aliphatic rings. The lowest BCUT2D eigenvalue weighted by Gasteiger charge is -2.15. The van der Waals surface area contributed by atoms with E-state index in [0.717, 1.165) is 23.2 Å². The minimum Gasteiger partial charge on any atom is -0.491 e. The predicted octanol–water partition coefficient (Wildman–Crippen LogP) is 3.57. The van der Waals surface area contributed by atoms with Gasteiger partial charge in [0.2, 0.25) is 0 Å². The topological polar surface area (TPSA) is 58.5 Å². The number of rotatable bonds is 7. The van der Waals surface area contributed by atoms with Gasteiger partial charge >= 0.3 is 6.18 Å². The van der Waals surface area contributed by atoms with Crippen molar-refractivity contribution >= 4 is 17.3 Å². The van der Waals surface area contributed by atoms with Gasteiger partial charge in [0.1, 0.15) is 12.4 Å². The Bertz CT molecular complexity index is 755. The number of halogens is 3. The summed E-state index contributed by atoms with van der Waals surface area (Å²) >= 11 is 1.67. The summed E-state index contributed by atoms with van der Waals surface area (Å²) in [6.45, 7) is 5.09. The molecule has 0 bridgehead atoms. The zero-order chi connectivity index (χ0) is 19.9. The second-order valence-corrected chi connectivity index (χ2v) is 7.06. The molecule has 0 radical (unpaired) electrons. The molecule has 0 unspecified atom stereocenters. The number of nitrogens with zero attached hydrogens (tertiary/aromatic N) is 2. The first-order valence-electron chi connectivity index (χ1n) is 8.47. The van der Waals surface area contributed by atoms with Crippen molar-refractivity contribution in [1.82, 2.24) is 15.6 Å². The van der Waals surface area contributed by atoms with Crippen LogP contribution >= 0.6 is 11.3 Å². The van der Waals surface area contributed by atoms with Crippen LogP contribution in [-0.4, -0.2) is 37.7 Å². The molecule has 2 N–H and O–H groups in total. The van der Waals surface area contributed by atoms with Crippen LogP contribution in [0, 0.1) is 13.8 Å². The molecular weight excluding hydrogens is 377 g/mol. The first kappa shape index (κ1) is 21.0. The molecule has 0 aliphatic carbocycles. The maximum absolute atomic E-state index is 12.9. The third kappa shape index (κ3) is 6.42. The number of nitrogens with one attached hydrogen (secondary N) is 2. The minimum absolute atomic E-state index is 0.0820. The average Bonchev–Trinajstić information content (AvgIpc) is 2.94. The van der Waals surface area contributed by atoms with Crippen molar-refractivity contribution in [3.63, 3.8) is 0 Å². The fourth-order valence-corrected chi connectivity index (χ4v) is 3.25. The summed E-state index contributed by atoms with van der Waals surface area (Å²) in [5.41, 5.74) is 0.273. The molecule has 1 aromatic heterocycles. The Balaban J connectivity index is 1.74. The SMILES string of the molecule is CN=C(NCCOc1ccccc1C(F)(F)F)NCCc1nc(C)c(C)s1. The molecule has 0 saturated heterocycles. The van der Waals surface area contributed by atoms with Crippen molar-refractivity contribution in [2.24, 2.45) is 4.99 Å². The molecule has 0 fully saturated rings. The number of ether oxygens (including phenoxy) is 1. The fourth-order valence-electron chi connectivity index (χ4n) is 2.31.